The molecule has 1 heterocycles. The quantitative estimate of drug-likeness (QED) is 0.664. The summed E-state index contributed by atoms with van der Waals surface area (Å²) in [6.07, 6.45) is -3.62. The van der Waals surface area contributed by atoms with Gasteiger partial charge in [0, 0.05) is 12.8 Å². The summed E-state index contributed by atoms with van der Waals surface area (Å²) in [5.74, 6) is 0.624. The largest absolute Gasteiger partial charge is 0.496 e. The molecule has 3 rings (SSSR count). The van der Waals surface area contributed by atoms with Gasteiger partial charge in [0.2, 0.25) is 0 Å². The highest BCUT2D eigenvalue weighted by Gasteiger charge is 2.30. The van der Waals surface area contributed by atoms with Crippen LogP contribution in [0.2, 0.25) is 0 Å². The smallest absolute Gasteiger partial charge is 0.416 e. The van der Waals surface area contributed by atoms with E-state index >= 15 is 0 Å². The summed E-state index contributed by atoms with van der Waals surface area (Å²) < 4.78 is 44.8. The third-order valence-corrected chi connectivity index (χ3v) is 4.43. The van der Waals surface area contributed by atoms with Gasteiger partial charge in [0.05, 0.1) is 12.7 Å². The molecule has 0 fully saturated rings. The van der Waals surface area contributed by atoms with Gasteiger partial charge in [-0.15, -0.1) is 0 Å². The Morgan fingerprint density at radius 2 is 2.04 bits per heavy atom. The summed E-state index contributed by atoms with van der Waals surface area (Å²) in [5, 5.41) is 3.87. The Morgan fingerprint density at radius 1 is 1.24 bits per heavy atom. The van der Waals surface area contributed by atoms with Crippen LogP contribution in [0.1, 0.15) is 34.8 Å². The molecule has 25 heavy (non-hydrogen) atoms. The summed E-state index contributed by atoms with van der Waals surface area (Å²) in [4.78, 5) is 5.35. The fourth-order valence-electron chi connectivity index (χ4n) is 2.74. The monoisotopic (exact) mass is 413 g/mol. The second-order valence-electron chi connectivity index (χ2n) is 5.71. The molecule has 0 saturated heterocycles. The fraction of sp³-hybridized carbons (Fsp3) is 0.278. The van der Waals surface area contributed by atoms with Gasteiger partial charge in [-0.25, -0.2) is 0 Å². The van der Waals surface area contributed by atoms with E-state index in [1.54, 1.807) is 12.1 Å². The highest BCUT2D eigenvalue weighted by atomic mass is 79.9. The van der Waals surface area contributed by atoms with Crippen LogP contribution < -0.4 is 4.74 Å². The number of oxime groups is 1. The van der Waals surface area contributed by atoms with E-state index in [0.717, 1.165) is 27.9 Å². The third kappa shape index (κ3) is 4.15. The number of alkyl halides is 3. The number of benzene rings is 2. The normalized spacial score (nSPS) is 17.2. The Bertz CT molecular complexity index is 805. The zero-order valence-corrected chi connectivity index (χ0v) is 14.9. The Labute approximate surface area is 151 Å². The number of hydrogen-bond acceptors (Lipinski definition) is 3. The van der Waals surface area contributed by atoms with Crippen molar-refractivity contribution in [3.63, 3.8) is 0 Å². The maximum atomic E-state index is 12.9. The van der Waals surface area contributed by atoms with E-state index in [1.807, 2.05) is 12.1 Å². The molecule has 2 aromatic rings. The average Bonchev–Trinajstić information content (AvgIpc) is 3.01. The van der Waals surface area contributed by atoms with Gasteiger partial charge in [-0.3, -0.25) is 0 Å². The fourth-order valence-corrected chi connectivity index (χ4v) is 3.12. The molecule has 7 heteroatoms. The van der Waals surface area contributed by atoms with Crippen LogP contribution in [0.3, 0.4) is 0 Å². The molecule has 0 saturated carbocycles. The van der Waals surface area contributed by atoms with Crippen LogP contribution in [-0.2, 0) is 17.4 Å². The minimum atomic E-state index is -4.36. The van der Waals surface area contributed by atoms with E-state index in [1.165, 1.54) is 13.2 Å². The highest BCUT2D eigenvalue weighted by Crippen LogP contribution is 2.34. The number of halogens is 4. The summed E-state index contributed by atoms with van der Waals surface area (Å²) >= 11 is 3.30. The van der Waals surface area contributed by atoms with E-state index in [2.05, 4.69) is 21.1 Å². The van der Waals surface area contributed by atoms with E-state index in [4.69, 9.17) is 9.57 Å². The predicted octanol–water partition coefficient (Wildman–Crippen LogP) is 5.47. The summed E-state index contributed by atoms with van der Waals surface area (Å²) in [5.41, 5.74) is 1.61. The van der Waals surface area contributed by atoms with Crippen molar-refractivity contribution in [2.24, 2.45) is 5.16 Å². The summed E-state index contributed by atoms with van der Waals surface area (Å²) in [6, 6.07) is 10.9. The zero-order chi connectivity index (χ0) is 18.0. The van der Waals surface area contributed by atoms with Crippen LogP contribution in [0.4, 0.5) is 13.2 Å². The van der Waals surface area contributed by atoms with Gasteiger partial charge in [-0.05, 0) is 50.8 Å². The Balaban J connectivity index is 1.88. The number of nitrogens with zero attached hydrogens (tertiary/aromatic N) is 1. The van der Waals surface area contributed by atoms with Crippen molar-refractivity contribution in [3.05, 3.63) is 64.7 Å². The van der Waals surface area contributed by atoms with Gasteiger partial charge in [-0.2, -0.15) is 13.2 Å². The van der Waals surface area contributed by atoms with Gasteiger partial charge in [-0.1, -0.05) is 29.4 Å². The van der Waals surface area contributed by atoms with Gasteiger partial charge in [0.25, 0.3) is 0 Å². The first-order chi connectivity index (χ1) is 11.9. The number of rotatable bonds is 4. The molecule has 0 aliphatic carbocycles. The van der Waals surface area contributed by atoms with Crippen molar-refractivity contribution in [1.82, 2.24) is 0 Å². The minimum absolute atomic E-state index is 0.208. The second kappa shape index (κ2) is 7.07. The van der Waals surface area contributed by atoms with E-state index < -0.39 is 11.7 Å². The second-order valence-corrected chi connectivity index (χ2v) is 6.63. The maximum Gasteiger partial charge on any atom is 0.416 e. The first-order valence-corrected chi connectivity index (χ1v) is 8.37. The van der Waals surface area contributed by atoms with Crippen molar-refractivity contribution in [2.45, 2.75) is 25.1 Å². The Hall–Kier alpha value is -2.02. The lowest BCUT2D eigenvalue weighted by atomic mass is 9.98. The molecular weight excluding hydrogens is 399 g/mol. The molecule has 1 atom stereocenters. The first-order valence-electron chi connectivity index (χ1n) is 7.58. The summed E-state index contributed by atoms with van der Waals surface area (Å²) in [7, 11) is 1.54. The van der Waals surface area contributed by atoms with Crippen LogP contribution in [0.15, 0.2) is 47.6 Å². The topological polar surface area (TPSA) is 30.8 Å². The van der Waals surface area contributed by atoms with Crippen LogP contribution in [-0.4, -0.2) is 11.7 Å². The van der Waals surface area contributed by atoms with Crippen molar-refractivity contribution >= 4 is 20.6 Å². The Morgan fingerprint density at radius 3 is 2.68 bits per heavy atom. The molecule has 0 N–H and O–H groups in total. The Kier molecular flexibility index (Phi) is 5.03. The molecule has 0 unspecified atom stereocenters. The van der Waals surface area contributed by atoms with Crippen LogP contribution in [0.25, 0.3) is 0 Å². The standard InChI is InChI=1S/C18H15BrF3NO2/c1-24-15-6-5-12(16-10-17(19)23-25-16)9-13(15)7-11-3-2-4-14(8-11)18(20,21)22/h2-6,8-9,16H,7,10H2,1H3/t16-/m1/s1. The lowest BCUT2D eigenvalue weighted by molar-refractivity contribution is -0.137. The molecule has 1 aliphatic rings. The van der Waals surface area contributed by atoms with Gasteiger partial charge in [0.1, 0.15) is 10.4 Å². The molecule has 132 valence electrons. The van der Waals surface area contributed by atoms with Crippen molar-refractivity contribution < 1.29 is 22.7 Å². The molecule has 0 radical (unpaired) electrons. The molecule has 0 amide bonds. The van der Waals surface area contributed by atoms with Gasteiger partial charge >= 0.3 is 6.18 Å². The number of ether oxygens (including phenoxy) is 1. The van der Waals surface area contributed by atoms with E-state index in [0.29, 0.717) is 24.2 Å². The van der Waals surface area contributed by atoms with Gasteiger partial charge < -0.3 is 9.57 Å². The van der Waals surface area contributed by atoms with Crippen molar-refractivity contribution in [1.29, 1.82) is 0 Å². The highest BCUT2D eigenvalue weighted by molar-refractivity contribution is 9.18. The van der Waals surface area contributed by atoms with Crippen LogP contribution >= 0.6 is 15.9 Å². The average molecular weight is 414 g/mol. The third-order valence-electron chi connectivity index (χ3n) is 3.96. The molecule has 1 aliphatic heterocycles. The zero-order valence-electron chi connectivity index (χ0n) is 13.3. The molecule has 0 bridgehead atoms. The minimum Gasteiger partial charge on any atom is -0.496 e. The SMILES string of the molecule is COc1ccc([C@H]2CC(Br)=NO2)cc1Cc1cccc(C(F)(F)F)c1. The molecular formula is C18H15BrF3NO2. The van der Waals surface area contributed by atoms with Crippen LogP contribution in [0, 0.1) is 0 Å². The number of methoxy groups -OCH3 is 1. The summed E-state index contributed by atoms with van der Waals surface area (Å²) in [6.45, 7) is 0. The number of hydrogen-bond donors (Lipinski definition) is 0. The molecule has 0 aromatic heterocycles. The molecule has 2 aromatic carbocycles. The predicted molar refractivity (Wildman–Crippen MR) is 92.0 cm³/mol. The van der Waals surface area contributed by atoms with E-state index in [-0.39, 0.29) is 6.10 Å². The lowest BCUT2D eigenvalue weighted by Crippen LogP contribution is -2.06. The first kappa shape index (κ1) is 17.8. The maximum absolute atomic E-state index is 12.9. The van der Waals surface area contributed by atoms with Crippen molar-refractivity contribution in [2.75, 3.05) is 7.11 Å². The van der Waals surface area contributed by atoms with Crippen molar-refractivity contribution in [3.8, 4) is 5.75 Å². The van der Waals surface area contributed by atoms with E-state index in [9.17, 15) is 13.2 Å². The van der Waals surface area contributed by atoms with Gasteiger partial charge in [0.15, 0.2) is 6.10 Å². The molecule has 0 spiro atoms. The lowest BCUT2D eigenvalue weighted by Gasteiger charge is -2.14. The van der Waals surface area contributed by atoms with Crippen LogP contribution in [0.5, 0.6) is 5.75 Å². The molecule has 3 nitrogen and oxygen atoms in total.